The van der Waals surface area contributed by atoms with E-state index in [1.165, 1.54) is 12.1 Å². The number of hydrogen-bond acceptors (Lipinski definition) is 2. The normalized spacial score (nSPS) is 14.7. The van der Waals surface area contributed by atoms with E-state index in [0.717, 1.165) is 13.0 Å². The number of carbonyl (C=O) groups is 1. The van der Waals surface area contributed by atoms with Crippen LogP contribution in [0.3, 0.4) is 0 Å². The molecule has 0 aromatic heterocycles. The monoisotopic (exact) mass is 232 g/mol. The summed E-state index contributed by atoms with van der Waals surface area (Å²) < 4.78 is 12.8. The lowest BCUT2D eigenvalue weighted by molar-refractivity contribution is -0.156. The van der Waals surface area contributed by atoms with E-state index in [-0.39, 0.29) is 17.0 Å². The molecule has 1 aromatic rings. The van der Waals surface area contributed by atoms with Crippen molar-refractivity contribution in [2.24, 2.45) is 0 Å². The molecule has 0 aliphatic rings. The van der Waals surface area contributed by atoms with Gasteiger partial charge in [0.25, 0.3) is 0 Å². The molecule has 0 spiro atoms. The lowest BCUT2D eigenvalue weighted by Crippen LogP contribution is -2.37. The van der Waals surface area contributed by atoms with E-state index in [0.29, 0.717) is 0 Å². The van der Waals surface area contributed by atoms with Gasteiger partial charge in [-0.25, -0.2) is 9.18 Å². The van der Waals surface area contributed by atoms with Crippen LogP contribution in [0, 0.1) is 5.82 Å². The Morgan fingerprint density at radius 2 is 2.20 bits per heavy atom. The van der Waals surface area contributed by atoms with Crippen LogP contribution in [0.1, 0.15) is 12.5 Å². The Labute approximate surface area is 91.1 Å². The van der Waals surface area contributed by atoms with Gasteiger partial charge in [0, 0.05) is 11.4 Å². The van der Waals surface area contributed by atoms with Crippen molar-refractivity contribution in [2.45, 2.75) is 18.9 Å². The molecule has 0 saturated heterocycles. The Morgan fingerprint density at radius 3 is 2.73 bits per heavy atom. The molecule has 0 fully saturated rings. The molecule has 0 aliphatic carbocycles. The molecule has 0 saturated carbocycles. The highest BCUT2D eigenvalue weighted by Gasteiger charge is 2.30. The molecule has 0 amide bonds. The minimum atomic E-state index is -1.95. The molecule has 82 valence electrons. The number of carboxylic acid groups (broad SMARTS) is 1. The van der Waals surface area contributed by atoms with Gasteiger partial charge in [0.15, 0.2) is 5.60 Å². The van der Waals surface area contributed by atoms with Crippen molar-refractivity contribution in [1.29, 1.82) is 0 Å². The van der Waals surface area contributed by atoms with Gasteiger partial charge in [-0.3, -0.25) is 0 Å². The topological polar surface area (TPSA) is 57.5 Å². The van der Waals surface area contributed by atoms with Gasteiger partial charge in [0.1, 0.15) is 5.82 Å². The zero-order valence-corrected chi connectivity index (χ0v) is 8.75. The molecule has 0 radical (unpaired) electrons. The summed E-state index contributed by atoms with van der Waals surface area (Å²) in [6.07, 6.45) is -0.237. The third-order valence-corrected chi connectivity index (χ3v) is 2.37. The van der Waals surface area contributed by atoms with Crippen LogP contribution in [0.2, 0.25) is 5.02 Å². The fourth-order valence-corrected chi connectivity index (χ4v) is 1.31. The Bertz CT molecular complexity index is 390. The highest BCUT2D eigenvalue weighted by atomic mass is 35.5. The van der Waals surface area contributed by atoms with Crippen molar-refractivity contribution < 1.29 is 19.4 Å². The molecule has 1 atom stereocenters. The van der Waals surface area contributed by atoms with Crippen LogP contribution in [0.15, 0.2) is 18.2 Å². The summed E-state index contributed by atoms with van der Waals surface area (Å²) in [5.74, 6) is -1.89. The second kappa shape index (κ2) is 4.16. The van der Waals surface area contributed by atoms with Gasteiger partial charge in [-0.1, -0.05) is 11.6 Å². The molecule has 0 aliphatic heterocycles. The van der Waals surface area contributed by atoms with E-state index < -0.39 is 17.4 Å². The molecule has 1 aromatic carbocycles. The van der Waals surface area contributed by atoms with E-state index in [2.05, 4.69) is 0 Å². The van der Waals surface area contributed by atoms with E-state index in [1.54, 1.807) is 0 Å². The van der Waals surface area contributed by atoms with Crippen molar-refractivity contribution in [2.75, 3.05) is 0 Å². The quantitative estimate of drug-likeness (QED) is 0.836. The Hall–Kier alpha value is -1.13. The van der Waals surface area contributed by atoms with Gasteiger partial charge in [0.05, 0.1) is 0 Å². The Kier molecular flexibility index (Phi) is 3.31. The Balaban J connectivity index is 2.99. The third-order valence-electron chi connectivity index (χ3n) is 2.00. The van der Waals surface area contributed by atoms with Gasteiger partial charge in [-0.2, -0.15) is 0 Å². The summed E-state index contributed by atoms with van der Waals surface area (Å²) in [6.45, 7) is 1.14. The predicted molar refractivity (Wildman–Crippen MR) is 53.4 cm³/mol. The highest BCUT2D eigenvalue weighted by molar-refractivity contribution is 6.31. The molecule has 0 heterocycles. The van der Waals surface area contributed by atoms with Crippen molar-refractivity contribution in [3.63, 3.8) is 0 Å². The van der Waals surface area contributed by atoms with E-state index >= 15 is 0 Å². The third kappa shape index (κ3) is 2.91. The van der Waals surface area contributed by atoms with E-state index in [9.17, 15) is 14.3 Å². The molecule has 0 bridgehead atoms. The number of rotatable bonds is 3. The lowest BCUT2D eigenvalue weighted by Gasteiger charge is -2.18. The summed E-state index contributed by atoms with van der Waals surface area (Å²) in [5, 5.41) is 18.4. The average molecular weight is 233 g/mol. The van der Waals surface area contributed by atoms with Crippen molar-refractivity contribution in [1.82, 2.24) is 0 Å². The van der Waals surface area contributed by atoms with Crippen LogP contribution >= 0.6 is 11.6 Å². The second-order valence-corrected chi connectivity index (χ2v) is 3.90. The Morgan fingerprint density at radius 1 is 1.60 bits per heavy atom. The van der Waals surface area contributed by atoms with E-state index in [1.807, 2.05) is 0 Å². The van der Waals surface area contributed by atoms with Gasteiger partial charge in [0.2, 0.25) is 0 Å². The summed E-state index contributed by atoms with van der Waals surface area (Å²) >= 11 is 5.74. The zero-order valence-electron chi connectivity index (χ0n) is 8.00. The fraction of sp³-hybridized carbons (Fsp3) is 0.300. The van der Waals surface area contributed by atoms with Crippen LogP contribution in [-0.2, 0) is 11.2 Å². The molecular formula is C10H10ClFO3. The van der Waals surface area contributed by atoms with Crippen LogP contribution in [0.25, 0.3) is 0 Å². The first kappa shape index (κ1) is 11.9. The van der Waals surface area contributed by atoms with Crippen LogP contribution in [-0.4, -0.2) is 21.8 Å². The molecule has 1 unspecified atom stereocenters. The summed E-state index contributed by atoms with van der Waals surface area (Å²) in [7, 11) is 0. The molecule has 2 N–H and O–H groups in total. The minimum absolute atomic E-state index is 0.234. The number of benzene rings is 1. The zero-order chi connectivity index (χ0) is 11.6. The van der Waals surface area contributed by atoms with Gasteiger partial charge < -0.3 is 10.2 Å². The number of carboxylic acids is 1. The lowest BCUT2D eigenvalue weighted by atomic mass is 9.97. The molecule has 3 nitrogen and oxygen atoms in total. The molecule has 5 heteroatoms. The molecule has 1 rings (SSSR count). The first-order valence-corrected chi connectivity index (χ1v) is 4.60. The first-order valence-electron chi connectivity index (χ1n) is 4.22. The summed E-state index contributed by atoms with van der Waals surface area (Å²) in [4.78, 5) is 10.6. The number of hydrogen-bond donors (Lipinski definition) is 2. The average Bonchev–Trinajstić information content (AvgIpc) is 2.10. The van der Waals surface area contributed by atoms with Gasteiger partial charge in [-0.05, 0) is 30.7 Å². The number of aliphatic carboxylic acids is 1. The standard InChI is InChI=1S/C10H10ClFO3/c1-10(15,9(13)14)5-6-4-7(12)2-3-8(6)11/h2-4,15H,5H2,1H3,(H,13,14). The molecule has 15 heavy (non-hydrogen) atoms. The van der Waals surface area contributed by atoms with Crippen molar-refractivity contribution in [3.05, 3.63) is 34.6 Å². The van der Waals surface area contributed by atoms with Crippen LogP contribution in [0.4, 0.5) is 4.39 Å². The predicted octanol–water partition coefficient (Wildman–Crippen LogP) is 1.86. The maximum absolute atomic E-state index is 12.8. The van der Waals surface area contributed by atoms with Crippen molar-refractivity contribution >= 4 is 17.6 Å². The highest BCUT2D eigenvalue weighted by Crippen LogP contribution is 2.22. The smallest absolute Gasteiger partial charge is 0.335 e. The number of aliphatic hydroxyl groups is 1. The largest absolute Gasteiger partial charge is 0.479 e. The summed E-state index contributed by atoms with van der Waals surface area (Å²) in [6, 6.07) is 3.60. The first-order chi connectivity index (χ1) is 6.83. The second-order valence-electron chi connectivity index (χ2n) is 3.49. The molecular weight excluding hydrogens is 223 g/mol. The van der Waals surface area contributed by atoms with E-state index in [4.69, 9.17) is 16.7 Å². The fourth-order valence-electron chi connectivity index (χ4n) is 1.13. The summed E-state index contributed by atoms with van der Waals surface area (Å²) in [5.41, 5.74) is -1.68. The van der Waals surface area contributed by atoms with Crippen molar-refractivity contribution in [3.8, 4) is 0 Å². The minimum Gasteiger partial charge on any atom is -0.479 e. The van der Waals surface area contributed by atoms with Crippen LogP contribution < -0.4 is 0 Å². The van der Waals surface area contributed by atoms with Crippen LogP contribution in [0.5, 0.6) is 0 Å². The van der Waals surface area contributed by atoms with Gasteiger partial charge in [-0.15, -0.1) is 0 Å². The van der Waals surface area contributed by atoms with Gasteiger partial charge >= 0.3 is 5.97 Å². The SMILES string of the molecule is CC(O)(Cc1cc(F)ccc1Cl)C(=O)O. The number of halogens is 2. The maximum Gasteiger partial charge on any atom is 0.335 e. The maximum atomic E-state index is 12.8.